The fraction of sp³-hybridized carbons (Fsp3) is 0.235. The standard InChI is InChI=1S/C17H19NO5S/c1-20-13-6-5-11(9-12(13)19)18-17(24)10-7-14(21-2)16(23-4)15(8-10)22-3/h5-9,19H,1-4H3,(H,18,24). The van der Waals surface area contributed by atoms with Crippen LogP contribution in [0.2, 0.25) is 0 Å². The molecule has 0 atom stereocenters. The van der Waals surface area contributed by atoms with Gasteiger partial charge in [0.05, 0.1) is 28.4 Å². The van der Waals surface area contributed by atoms with Crippen molar-refractivity contribution in [3.05, 3.63) is 35.9 Å². The zero-order valence-electron chi connectivity index (χ0n) is 13.9. The number of phenolic OH excluding ortho intramolecular Hbond substituents is 1. The molecule has 128 valence electrons. The van der Waals surface area contributed by atoms with Crippen LogP contribution in [0.3, 0.4) is 0 Å². The number of anilines is 1. The van der Waals surface area contributed by atoms with Crippen LogP contribution in [0.25, 0.3) is 0 Å². The van der Waals surface area contributed by atoms with Crippen LogP contribution in [0.1, 0.15) is 5.56 Å². The summed E-state index contributed by atoms with van der Waals surface area (Å²) in [6.07, 6.45) is 0. The first-order chi connectivity index (χ1) is 11.5. The number of benzene rings is 2. The number of ether oxygens (including phenoxy) is 4. The minimum Gasteiger partial charge on any atom is -0.504 e. The fourth-order valence-electron chi connectivity index (χ4n) is 2.18. The van der Waals surface area contributed by atoms with Crippen molar-refractivity contribution in [1.29, 1.82) is 0 Å². The minimum absolute atomic E-state index is 0.0233. The van der Waals surface area contributed by atoms with E-state index < -0.39 is 0 Å². The van der Waals surface area contributed by atoms with Crippen LogP contribution in [0, 0.1) is 0 Å². The van der Waals surface area contributed by atoms with Crippen LogP contribution in [0.4, 0.5) is 5.69 Å². The number of phenols is 1. The van der Waals surface area contributed by atoms with E-state index in [1.807, 2.05) is 0 Å². The zero-order chi connectivity index (χ0) is 17.7. The van der Waals surface area contributed by atoms with Crippen molar-refractivity contribution in [2.24, 2.45) is 0 Å². The lowest BCUT2D eigenvalue weighted by molar-refractivity contribution is 0.324. The highest BCUT2D eigenvalue weighted by molar-refractivity contribution is 7.81. The number of hydrogen-bond donors (Lipinski definition) is 2. The Morgan fingerprint density at radius 1 is 0.875 bits per heavy atom. The van der Waals surface area contributed by atoms with Crippen molar-refractivity contribution < 1.29 is 24.1 Å². The SMILES string of the molecule is COc1ccc(NC(=S)c2cc(OC)c(OC)c(OC)c2)cc1O. The molecule has 0 aliphatic heterocycles. The third-order valence-corrected chi connectivity index (χ3v) is 3.70. The van der Waals surface area contributed by atoms with Crippen LogP contribution in [0.15, 0.2) is 30.3 Å². The Bertz CT molecular complexity index is 723. The summed E-state index contributed by atoms with van der Waals surface area (Å²) in [6.45, 7) is 0. The Morgan fingerprint density at radius 2 is 1.46 bits per heavy atom. The molecule has 6 nitrogen and oxygen atoms in total. The summed E-state index contributed by atoms with van der Waals surface area (Å²) in [6, 6.07) is 8.43. The number of thiocarbonyl (C=S) groups is 1. The third kappa shape index (κ3) is 3.62. The maximum atomic E-state index is 9.84. The molecule has 2 N–H and O–H groups in total. The van der Waals surface area contributed by atoms with E-state index in [0.717, 1.165) is 0 Å². The first-order valence-electron chi connectivity index (χ1n) is 7.02. The lowest BCUT2D eigenvalue weighted by Crippen LogP contribution is -2.11. The van der Waals surface area contributed by atoms with Gasteiger partial charge in [-0.1, -0.05) is 12.2 Å². The molecular weight excluding hydrogens is 330 g/mol. The van der Waals surface area contributed by atoms with Crippen molar-refractivity contribution in [2.75, 3.05) is 33.8 Å². The molecular formula is C17H19NO5S. The minimum atomic E-state index is 0.0233. The van der Waals surface area contributed by atoms with Crippen LogP contribution in [-0.4, -0.2) is 38.5 Å². The number of methoxy groups -OCH3 is 4. The Hall–Kier alpha value is -2.67. The van der Waals surface area contributed by atoms with Crippen molar-refractivity contribution >= 4 is 22.9 Å². The zero-order valence-corrected chi connectivity index (χ0v) is 14.7. The molecule has 0 saturated carbocycles. The quantitative estimate of drug-likeness (QED) is 0.776. The van der Waals surface area contributed by atoms with E-state index in [1.165, 1.54) is 20.3 Å². The van der Waals surface area contributed by atoms with Gasteiger partial charge in [-0.25, -0.2) is 0 Å². The monoisotopic (exact) mass is 349 g/mol. The summed E-state index contributed by atoms with van der Waals surface area (Å²) in [4.78, 5) is 0.443. The Labute approximate surface area is 145 Å². The molecule has 2 aromatic rings. The summed E-state index contributed by atoms with van der Waals surface area (Å²) in [7, 11) is 6.11. The van der Waals surface area contributed by atoms with Crippen molar-refractivity contribution in [2.45, 2.75) is 0 Å². The topological polar surface area (TPSA) is 69.2 Å². The Morgan fingerprint density at radius 3 is 1.92 bits per heavy atom. The summed E-state index contributed by atoms with van der Waals surface area (Å²) in [5.41, 5.74) is 1.32. The maximum absolute atomic E-state index is 9.84. The van der Waals surface area contributed by atoms with E-state index in [9.17, 15) is 5.11 Å². The molecule has 0 amide bonds. The predicted molar refractivity (Wildman–Crippen MR) is 96.1 cm³/mol. The van der Waals surface area contributed by atoms with Gasteiger partial charge in [-0.15, -0.1) is 0 Å². The molecule has 0 unspecified atom stereocenters. The average molecular weight is 349 g/mol. The predicted octanol–water partition coefficient (Wildman–Crippen LogP) is 3.21. The van der Waals surface area contributed by atoms with Crippen LogP contribution < -0.4 is 24.3 Å². The first kappa shape index (κ1) is 17.7. The molecule has 0 fully saturated rings. The third-order valence-electron chi connectivity index (χ3n) is 3.36. The van der Waals surface area contributed by atoms with Gasteiger partial charge in [-0.05, 0) is 24.3 Å². The van der Waals surface area contributed by atoms with Gasteiger partial charge in [0, 0.05) is 17.3 Å². The van der Waals surface area contributed by atoms with Crippen molar-refractivity contribution in [1.82, 2.24) is 0 Å². The normalized spacial score (nSPS) is 10.0. The van der Waals surface area contributed by atoms with Crippen molar-refractivity contribution in [3.8, 4) is 28.7 Å². The molecule has 2 rings (SSSR count). The molecule has 0 radical (unpaired) electrons. The van der Waals surface area contributed by atoms with E-state index in [4.69, 9.17) is 31.2 Å². The van der Waals surface area contributed by atoms with Gasteiger partial charge in [-0.3, -0.25) is 0 Å². The number of rotatable bonds is 6. The smallest absolute Gasteiger partial charge is 0.203 e. The molecule has 0 aromatic heterocycles. The van der Waals surface area contributed by atoms with Crippen LogP contribution in [0.5, 0.6) is 28.7 Å². The van der Waals surface area contributed by atoms with E-state index in [1.54, 1.807) is 38.5 Å². The largest absolute Gasteiger partial charge is 0.504 e. The van der Waals surface area contributed by atoms with Crippen LogP contribution >= 0.6 is 12.2 Å². The fourth-order valence-corrected chi connectivity index (χ4v) is 2.42. The van der Waals surface area contributed by atoms with Crippen molar-refractivity contribution in [3.63, 3.8) is 0 Å². The molecule has 7 heteroatoms. The average Bonchev–Trinajstić information content (AvgIpc) is 2.60. The van der Waals surface area contributed by atoms with Gasteiger partial charge < -0.3 is 29.4 Å². The Balaban J connectivity index is 2.31. The number of hydrogen-bond acceptors (Lipinski definition) is 6. The van der Waals surface area contributed by atoms with Gasteiger partial charge in [-0.2, -0.15) is 0 Å². The summed E-state index contributed by atoms with van der Waals surface area (Å²) in [5.74, 6) is 1.92. The molecule has 0 aliphatic rings. The molecule has 0 saturated heterocycles. The highest BCUT2D eigenvalue weighted by Crippen LogP contribution is 2.38. The molecule has 0 aliphatic carbocycles. The van der Waals surface area contributed by atoms with Crippen LogP contribution in [-0.2, 0) is 0 Å². The van der Waals surface area contributed by atoms with E-state index >= 15 is 0 Å². The van der Waals surface area contributed by atoms with Gasteiger partial charge in [0.1, 0.15) is 4.99 Å². The highest BCUT2D eigenvalue weighted by atomic mass is 32.1. The van der Waals surface area contributed by atoms with E-state index in [-0.39, 0.29) is 5.75 Å². The first-order valence-corrected chi connectivity index (χ1v) is 7.43. The second kappa shape index (κ2) is 7.74. The van der Waals surface area contributed by atoms with Gasteiger partial charge in [0.25, 0.3) is 0 Å². The van der Waals surface area contributed by atoms with Gasteiger partial charge >= 0.3 is 0 Å². The highest BCUT2D eigenvalue weighted by Gasteiger charge is 2.15. The van der Waals surface area contributed by atoms with E-state index in [0.29, 0.717) is 39.2 Å². The molecule has 2 aromatic carbocycles. The molecule has 0 spiro atoms. The molecule has 24 heavy (non-hydrogen) atoms. The second-order valence-corrected chi connectivity index (χ2v) is 5.16. The maximum Gasteiger partial charge on any atom is 0.203 e. The summed E-state index contributed by atoms with van der Waals surface area (Å²) < 4.78 is 21.0. The molecule has 0 bridgehead atoms. The lowest BCUT2D eigenvalue weighted by Gasteiger charge is -2.15. The number of nitrogens with one attached hydrogen (secondary N) is 1. The van der Waals surface area contributed by atoms with Gasteiger partial charge in [0.2, 0.25) is 5.75 Å². The lowest BCUT2D eigenvalue weighted by atomic mass is 10.1. The summed E-state index contributed by atoms with van der Waals surface area (Å²) >= 11 is 5.43. The summed E-state index contributed by atoms with van der Waals surface area (Å²) in [5, 5.41) is 12.9. The number of aromatic hydroxyl groups is 1. The van der Waals surface area contributed by atoms with E-state index in [2.05, 4.69) is 5.32 Å². The van der Waals surface area contributed by atoms with Gasteiger partial charge in [0.15, 0.2) is 23.0 Å². The Kier molecular flexibility index (Phi) is 5.70. The second-order valence-electron chi connectivity index (χ2n) is 4.75. The molecule has 0 heterocycles.